The third kappa shape index (κ3) is 3.23. The number of methoxy groups -OCH3 is 2. The molecule has 5 nitrogen and oxygen atoms in total. The lowest BCUT2D eigenvalue weighted by atomic mass is 10.1. The topological polar surface area (TPSA) is 52.1 Å². The molecule has 2 aromatic carbocycles. The van der Waals surface area contributed by atoms with Crippen LogP contribution >= 0.6 is 12.2 Å². The summed E-state index contributed by atoms with van der Waals surface area (Å²) in [6.45, 7) is 0. The Labute approximate surface area is 145 Å². The Morgan fingerprint density at radius 1 is 1.04 bits per heavy atom. The minimum absolute atomic E-state index is 0.540. The van der Waals surface area contributed by atoms with Crippen molar-refractivity contribution >= 4 is 24.4 Å². The molecule has 0 saturated carbocycles. The monoisotopic (exact) mass is 339 g/mol. The minimum atomic E-state index is 0.540. The van der Waals surface area contributed by atoms with E-state index in [-0.39, 0.29) is 0 Å². The molecule has 0 unspecified atom stereocenters. The lowest BCUT2D eigenvalue weighted by Crippen LogP contribution is -1.96. The zero-order valence-corrected chi connectivity index (χ0v) is 14.2. The van der Waals surface area contributed by atoms with Gasteiger partial charge in [-0.25, -0.2) is 0 Å². The van der Waals surface area contributed by atoms with Crippen LogP contribution in [0.1, 0.15) is 11.4 Å². The lowest BCUT2D eigenvalue weighted by Gasteiger charge is -2.07. The molecule has 0 amide bonds. The number of hydrogen-bond acceptors (Lipinski definition) is 4. The number of nitrogens with zero attached hydrogens (tertiary/aromatic N) is 2. The van der Waals surface area contributed by atoms with Gasteiger partial charge < -0.3 is 9.47 Å². The van der Waals surface area contributed by atoms with Crippen LogP contribution in [0.3, 0.4) is 0 Å². The van der Waals surface area contributed by atoms with Gasteiger partial charge in [-0.2, -0.15) is 5.10 Å². The van der Waals surface area contributed by atoms with Crippen molar-refractivity contribution < 1.29 is 9.47 Å². The summed E-state index contributed by atoms with van der Waals surface area (Å²) < 4.78 is 13.1. The van der Waals surface area contributed by atoms with E-state index in [1.165, 1.54) is 0 Å². The van der Waals surface area contributed by atoms with Gasteiger partial charge >= 0.3 is 0 Å². The summed E-state index contributed by atoms with van der Waals surface area (Å²) in [7, 11) is 3.27. The molecule has 1 N–H and O–H groups in total. The first-order valence-electron chi connectivity index (χ1n) is 7.36. The molecule has 0 atom stereocenters. The van der Waals surface area contributed by atoms with Crippen LogP contribution in [0.4, 0.5) is 0 Å². The second kappa shape index (κ2) is 7.14. The van der Waals surface area contributed by atoms with Crippen LogP contribution in [0.25, 0.3) is 17.8 Å². The van der Waals surface area contributed by atoms with Crippen LogP contribution in [0, 0.1) is 4.77 Å². The maximum Gasteiger partial charge on any atom is 0.200 e. The SMILES string of the molecule is COc1ccc(OC)c(/C=C/c2n[nH]c(=S)n2-c2ccccc2)c1. The lowest BCUT2D eigenvalue weighted by molar-refractivity contribution is 0.402. The number of aromatic amines is 1. The average molecular weight is 339 g/mol. The zero-order valence-electron chi connectivity index (χ0n) is 13.4. The Balaban J connectivity index is 2.01. The highest BCUT2D eigenvalue weighted by atomic mass is 32.1. The van der Waals surface area contributed by atoms with Gasteiger partial charge in [-0.15, -0.1) is 0 Å². The number of benzene rings is 2. The number of H-pyrrole nitrogens is 1. The average Bonchev–Trinajstić information content (AvgIpc) is 3.01. The molecule has 0 spiro atoms. The van der Waals surface area contributed by atoms with Crippen LogP contribution in [-0.4, -0.2) is 29.0 Å². The second-order valence-corrected chi connectivity index (χ2v) is 5.39. The van der Waals surface area contributed by atoms with Crippen molar-refractivity contribution in [1.29, 1.82) is 0 Å². The molecule has 122 valence electrons. The number of para-hydroxylation sites is 1. The Morgan fingerprint density at radius 2 is 1.83 bits per heavy atom. The number of hydrogen-bond donors (Lipinski definition) is 1. The van der Waals surface area contributed by atoms with Gasteiger partial charge in [0.15, 0.2) is 10.6 Å². The van der Waals surface area contributed by atoms with Crippen LogP contribution in [0.5, 0.6) is 11.5 Å². The fourth-order valence-corrected chi connectivity index (χ4v) is 2.63. The standard InChI is InChI=1S/C18H17N3O2S/c1-22-15-9-10-16(23-2)13(12-15)8-11-17-19-20-18(24)21(17)14-6-4-3-5-7-14/h3-12H,1-2H3,(H,20,24)/b11-8+. The van der Waals surface area contributed by atoms with Crippen molar-refractivity contribution in [3.8, 4) is 17.2 Å². The Kier molecular flexibility index (Phi) is 4.77. The summed E-state index contributed by atoms with van der Waals surface area (Å²) in [5.41, 5.74) is 1.85. The molecular formula is C18H17N3O2S. The summed E-state index contributed by atoms with van der Waals surface area (Å²) in [5.74, 6) is 2.22. The third-order valence-corrected chi connectivity index (χ3v) is 3.84. The maximum absolute atomic E-state index is 5.39. The van der Waals surface area contributed by atoms with Crippen LogP contribution in [0.2, 0.25) is 0 Å². The predicted octanol–water partition coefficient (Wildman–Crippen LogP) is 4.12. The van der Waals surface area contributed by atoms with Gasteiger partial charge in [0.25, 0.3) is 0 Å². The van der Waals surface area contributed by atoms with Gasteiger partial charge in [0.2, 0.25) is 0 Å². The number of aromatic nitrogens is 3. The highest BCUT2D eigenvalue weighted by Crippen LogP contribution is 2.26. The summed E-state index contributed by atoms with van der Waals surface area (Å²) in [5, 5.41) is 7.12. The van der Waals surface area contributed by atoms with E-state index in [2.05, 4.69) is 10.2 Å². The van der Waals surface area contributed by atoms with E-state index in [9.17, 15) is 0 Å². The molecule has 1 aromatic heterocycles. The summed E-state index contributed by atoms with van der Waals surface area (Å²) in [4.78, 5) is 0. The molecule has 1 heterocycles. The van der Waals surface area contributed by atoms with Crippen LogP contribution in [0.15, 0.2) is 48.5 Å². The number of ether oxygens (including phenoxy) is 2. The van der Waals surface area contributed by atoms with E-state index < -0.39 is 0 Å². The van der Waals surface area contributed by atoms with Crippen LogP contribution in [-0.2, 0) is 0 Å². The van der Waals surface area contributed by atoms with Gasteiger partial charge in [0.05, 0.1) is 14.2 Å². The normalized spacial score (nSPS) is 10.9. The molecule has 0 aliphatic heterocycles. The van der Waals surface area contributed by atoms with E-state index in [0.29, 0.717) is 10.6 Å². The molecular weight excluding hydrogens is 322 g/mol. The first kappa shape index (κ1) is 16.0. The first-order chi connectivity index (χ1) is 11.7. The van der Waals surface area contributed by atoms with Crippen molar-refractivity contribution in [2.75, 3.05) is 14.2 Å². The van der Waals surface area contributed by atoms with Gasteiger partial charge in [-0.05, 0) is 54.7 Å². The second-order valence-electron chi connectivity index (χ2n) is 5.00. The molecule has 0 aliphatic rings. The van der Waals surface area contributed by atoms with Gasteiger partial charge in [-0.1, -0.05) is 18.2 Å². The van der Waals surface area contributed by atoms with Gasteiger partial charge in [0.1, 0.15) is 11.5 Å². The van der Waals surface area contributed by atoms with Crippen LogP contribution < -0.4 is 9.47 Å². The van der Waals surface area contributed by atoms with E-state index in [1.807, 2.05) is 65.3 Å². The first-order valence-corrected chi connectivity index (χ1v) is 7.76. The number of nitrogens with one attached hydrogen (secondary N) is 1. The van der Waals surface area contributed by atoms with Crippen molar-refractivity contribution in [2.45, 2.75) is 0 Å². The maximum atomic E-state index is 5.39. The molecule has 6 heteroatoms. The van der Waals surface area contributed by atoms with Crippen molar-refractivity contribution in [1.82, 2.24) is 14.8 Å². The molecule has 0 fully saturated rings. The Hall–Kier alpha value is -2.86. The molecule has 24 heavy (non-hydrogen) atoms. The zero-order chi connectivity index (χ0) is 16.9. The van der Waals surface area contributed by atoms with Gasteiger partial charge in [-0.3, -0.25) is 9.67 Å². The highest BCUT2D eigenvalue weighted by Gasteiger charge is 2.06. The van der Waals surface area contributed by atoms with Crippen molar-refractivity contribution in [3.63, 3.8) is 0 Å². The molecule has 3 aromatic rings. The fourth-order valence-electron chi connectivity index (χ4n) is 2.38. The molecule has 0 bridgehead atoms. The number of rotatable bonds is 5. The fraction of sp³-hybridized carbons (Fsp3) is 0.111. The minimum Gasteiger partial charge on any atom is -0.497 e. The van der Waals surface area contributed by atoms with E-state index in [0.717, 1.165) is 22.7 Å². The Morgan fingerprint density at radius 3 is 2.54 bits per heavy atom. The largest absolute Gasteiger partial charge is 0.497 e. The third-order valence-electron chi connectivity index (χ3n) is 3.56. The predicted molar refractivity (Wildman–Crippen MR) is 97.2 cm³/mol. The smallest absolute Gasteiger partial charge is 0.200 e. The summed E-state index contributed by atoms with van der Waals surface area (Å²) in [6.07, 6.45) is 3.81. The van der Waals surface area contributed by atoms with E-state index in [1.54, 1.807) is 14.2 Å². The highest BCUT2D eigenvalue weighted by molar-refractivity contribution is 7.71. The van der Waals surface area contributed by atoms with E-state index >= 15 is 0 Å². The Bertz CT molecular complexity index is 914. The molecule has 0 aliphatic carbocycles. The molecule has 0 saturated heterocycles. The van der Waals surface area contributed by atoms with E-state index in [4.69, 9.17) is 21.7 Å². The molecule has 0 radical (unpaired) electrons. The molecule has 3 rings (SSSR count). The van der Waals surface area contributed by atoms with Gasteiger partial charge in [0, 0.05) is 11.3 Å². The quantitative estimate of drug-likeness (QED) is 0.711. The van der Waals surface area contributed by atoms with Crippen molar-refractivity contribution in [2.24, 2.45) is 0 Å². The summed E-state index contributed by atoms with van der Waals surface area (Å²) >= 11 is 5.34. The van der Waals surface area contributed by atoms with Crippen molar-refractivity contribution in [3.05, 3.63) is 64.7 Å². The summed E-state index contributed by atoms with van der Waals surface area (Å²) in [6, 6.07) is 15.5.